The Labute approximate surface area is 66.9 Å². The van der Waals surface area contributed by atoms with E-state index < -0.39 is 0 Å². The largest absolute Gasteiger partial charge is 0.0841 e. The highest BCUT2D eigenvalue weighted by Crippen LogP contribution is 2.19. The molecule has 0 heterocycles. The van der Waals surface area contributed by atoms with Crippen LogP contribution in [-0.2, 0) is 0 Å². The standard InChI is InChI=1S/C9H11Cl/c1-7-4-3-5-8(2)9(10)6-7/h3,5-6H,4H2,1-2H3. The van der Waals surface area contributed by atoms with Crippen molar-refractivity contribution in [1.29, 1.82) is 0 Å². The van der Waals surface area contributed by atoms with Crippen molar-refractivity contribution in [3.05, 3.63) is 34.4 Å². The van der Waals surface area contributed by atoms with Gasteiger partial charge in [-0.15, -0.1) is 0 Å². The SMILES string of the molecule is CC1=CC(Cl)=C(C)C=CC1. The molecule has 0 N–H and O–H groups in total. The van der Waals surface area contributed by atoms with Crippen molar-refractivity contribution in [2.45, 2.75) is 20.3 Å². The Morgan fingerprint density at radius 1 is 1.40 bits per heavy atom. The van der Waals surface area contributed by atoms with Gasteiger partial charge in [-0.3, -0.25) is 0 Å². The van der Waals surface area contributed by atoms with E-state index in [2.05, 4.69) is 19.1 Å². The van der Waals surface area contributed by atoms with Crippen LogP contribution in [0.2, 0.25) is 0 Å². The Kier molecular flexibility index (Phi) is 2.34. The first-order valence-electron chi connectivity index (χ1n) is 3.40. The van der Waals surface area contributed by atoms with Crippen LogP contribution in [0.5, 0.6) is 0 Å². The summed E-state index contributed by atoms with van der Waals surface area (Å²) in [6.45, 7) is 4.11. The first-order valence-corrected chi connectivity index (χ1v) is 3.78. The molecular formula is C9H11Cl. The van der Waals surface area contributed by atoms with Crippen molar-refractivity contribution < 1.29 is 0 Å². The molecule has 0 saturated carbocycles. The first kappa shape index (κ1) is 7.62. The van der Waals surface area contributed by atoms with Crippen LogP contribution < -0.4 is 0 Å². The van der Waals surface area contributed by atoms with Crippen LogP contribution >= 0.6 is 11.6 Å². The molecule has 0 bridgehead atoms. The van der Waals surface area contributed by atoms with E-state index in [9.17, 15) is 0 Å². The maximum absolute atomic E-state index is 5.92. The fourth-order valence-electron chi connectivity index (χ4n) is 0.890. The molecule has 1 aliphatic rings. The van der Waals surface area contributed by atoms with E-state index in [-0.39, 0.29) is 0 Å². The topological polar surface area (TPSA) is 0 Å². The summed E-state index contributed by atoms with van der Waals surface area (Å²) in [5.41, 5.74) is 2.47. The molecule has 1 rings (SSSR count). The lowest BCUT2D eigenvalue weighted by Crippen LogP contribution is -1.71. The van der Waals surface area contributed by atoms with Gasteiger partial charge in [0.1, 0.15) is 0 Å². The summed E-state index contributed by atoms with van der Waals surface area (Å²) in [6, 6.07) is 0. The van der Waals surface area contributed by atoms with Crippen molar-refractivity contribution in [1.82, 2.24) is 0 Å². The lowest BCUT2D eigenvalue weighted by Gasteiger charge is -1.92. The van der Waals surface area contributed by atoms with Gasteiger partial charge < -0.3 is 0 Å². The van der Waals surface area contributed by atoms with Crippen molar-refractivity contribution in [3.63, 3.8) is 0 Å². The Morgan fingerprint density at radius 3 is 2.80 bits per heavy atom. The molecule has 0 saturated heterocycles. The minimum Gasteiger partial charge on any atom is -0.0841 e. The molecule has 0 aromatic heterocycles. The average Bonchev–Trinajstić information content (AvgIpc) is 1.96. The third-order valence-corrected chi connectivity index (χ3v) is 1.96. The van der Waals surface area contributed by atoms with Crippen LogP contribution in [0.15, 0.2) is 34.4 Å². The molecule has 0 atom stereocenters. The molecular weight excluding hydrogens is 144 g/mol. The molecule has 0 unspecified atom stereocenters. The summed E-state index contributed by atoms with van der Waals surface area (Å²) in [4.78, 5) is 0. The Morgan fingerprint density at radius 2 is 2.10 bits per heavy atom. The fraction of sp³-hybridized carbons (Fsp3) is 0.333. The summed E-state index contributed by atoms with van der Waals surface area (Å²) in [5, 5.41) is 0.867. The predicted octanol–water partition coefficient (Wildman–Crippen LogP) is 3.41. The highest BCUT2D eigenvalue weighted by Gasteiger charge is 1.97. The summed E-state index contributed by atoms with van der Waals surface area (Å²) in [6.07, 6.45) is 7.25. The van der Waals surface area contributed by atoms with Gasteiger partial charge in [-0.05, 0) is 31.9 Å². The highest BCUT2D eigenvalue weighted by molar-refractivity contribution is 6.31. The van der Waals surface area contributed by atoms with Crippen LogP contribution in [0.4, 0.5) is 0 Å². The number of rotatable bonds is 0. The molecule has 0 radical (unpaired) electrons. The van der Waals surface area contributed by atoms with E-state index in [0.29, 0.717) is 0 Å². The predicted molar refractivity (Wildman–Crippen MR) is 46.1 cm³/mol. The van der Waals surface area contributed by atoms with E-state index in [4.69, 9.17) is 11.6 Å². The van der Waals surface area contributed by atoms with Gasteiger partial charge in [-0.2, -0.15) is 0 Å². The first-order chi connectivity index (χ1) is 4.70. The highest BCUT2D eigenvalue weighted by atomic mass is 35.5. The average molecular weight is 155 g/mol. The number of hydrogen-bond acceptors (Lipinski definition) is 0. The van der Waals surface area contributed by atoms with E-state index in [1.54, 1.807) is 0 Å². The molecule has 0 amide bonds. The van der Waals surface area contributed by atoms with Gasteiger partial charge in [0, 0.05) is 5.03 Å². The van der Waals surface area contributed by atoms with Crippen molar-refractivity contribution >= 4 is 11.6 Å². The molecule has 0 nitrogen and oxygen atoms in total. The molecule has 0 aromatic rings. The van der Waals surface area contributed by atoms with Crippen molar-refractivity contribution in [2.24, 2.45) is 0 Å². The van der Waals surface area contributed by atoms with Gasteiger partial charge in [0.05, 0.1) is 0 Å². The molecule has 10 heavy (non-hydrogen) atoms. The second-order valence-corrected chi connectivity index (χ2v) is 3.04. The number of halogens is 1. The molecule has 0 spiro atoms. The molecule has 0 aromatic carbocycles. The van der Waals surface area contributed by atoms with Crippen molar-refractivity contribution in [3.8, 4) is 0 Å². The van der Waals surface area contributed by atoms with Crippen LogP contribution in [0.3, 0.4) is 0 Å². The maximum Gasteiger partial charge on any atom is 0.0434 e. The van der Waals surface area contributed by atoms with Gasteiger partial charge in [0.15, 0.2) is 0 Å². The van der Waals surface area contributed by atoms with E-state index >= 15 is 0 Å². The van der Waals surface area contributed by atoms with E-state index in [1.807, 2.05) is 13.0 Å². The van der Waals surface area contributed by atoms with Crippen molar-refractivity contribution in [2.75, 3.05) is 0 Å². The second kappa shape index (κ2) is 3.07. The normalized spacial score (nSPS) is 18.9. The Hall–Kier alpha value is -0.490. The van der Waals surface area contributed by atoms with Crippen LogP contribution in [0, 0.1) is 0 Å². The van der Waals surface area contributed by atoms with Gasteiger partial charge in [-0.25, -0.2) is 0 Å². The van der Waals surface area contributed by atoms with Gasteiger partial charge in [0.25, 0.3) is 0 Å². The van der Waals surface area contributed by atoms with Crippen LogP contribution in [0.1, 0.15) is 20.3 Å². The third-order valence-electron chi connectivity index (χ3n) is 1.56. The zero-order valence-corrected chi connectivity index (χ0v) is 7.07. The molecule has 54 valence electrons. The molecule has 1 heteroatoms. The lowest BCUT2D eigenvalue weighted by atomic mass is 10.2. The molecule has 1 aliphatic carbocycles. The lowest BCUT2D eigenvalue weighted by molar-refractivity contribution is 1.22. The Balaban J connectivity index is 2.98. The molecule has 0 aliphatic heterocycles. The number of hydrogen-bond donors (Lipinski definition) is 0. The Bertz CT molecular complexity index is 219. The summed E-state index contributed by atoms with van der Waals surface area (Å²) < 4.78 is 0. The van der Waals surface area contributed by atoms with E-state index in [1.165, 1.54) is 5.57 Å². The maximum atomic E-state index is 5.92. The molecule has 0 fully saturated rings. The monoisotopic (exact) mass is 154 g/mol. The van der Waals surface area contributed by atoms with Gasteiger partial charge in [-0.1, -0.05) is 29.3 Å². The second-order valence-electron chi connectivity index (χ2n) is 2.63. The zero-order valence-electron chi connectivity index (χ0n) is 6.32. The summed E-state index contributed by atoms with van der Waals surface area (Å²) in [7, 11) is 0. The fourth-order valence-corrected chi connectivity index (χ4v) is 1.14. The number of allylic oxidation sites excluding steroid dienone is 6. The van der Waals surface area contributed by atoms with Crippen LogP contribution in [-0.4, -0.2) is 0 Å². The van der Waals surface area contributed by atoms with Gasteiger partial charge in [0.2, 0.25) is 0 Å². The summed E-state index contributed by atoms with van der Waals surface area (Å²) >= 11 is 5.92. The van der Waals surface area contributed by atoms with Crippen LogP contribution in [0.25, 0.3) is 0 Å². The minimum atomic E-state index is 0.867. The smallest absolute Gasteiger partial charge is 0.0434 e. The zero-order chi connectivity index (χ0) is 7.56. The minimum absolute atomic E-state index is 0.867. The third kappa shape index (κ3) is 1.74. The quantitative estimate of drug-likeness (QED) is 0.502. The van der Waals surface area contributed by atoms with E-state index in [0.717, 1.165) is 17.0 Å². The van der Waals surface area contributed by atoms with Gasteiger partial charge >= 0.3 is 0 Å². The summed E-state index contributed by atoms with van der Waals surface area (Å²) in [5.74, 6) is 0.